The van der Waals surface area contributed by atoms with E-state index in [0.29, 0.717) is 29.4 Å². The van der Waals surface area contributed by atoms with Crippen molar-refractivity contribution in [2.45, 2.75) is 6.92 Å². The topological polar surface area (TPSA) is 117 Å². The van der Waals surface area contributed by atoms with Crippen LogP contribution < -0.4 is 20.5 Å². The van der Waals surface area contributed by atoms with Gasteiger partial charge in [-0.1, -0.05) is 0 Å². The highest BCUT2D eigenvalue weighted by molar-refractivity contribution is 5.95. The summed E-state index contributed by atoms with van der Waals surface area (Å²) in [5.41, 5.74) is 5.91. The van der Waals surface area contributed by atoms with E-state index in [9.17, 15) is 14.4 Å². The maximum atomic E-state index is 11.8. The van der Waals surface area contributed by atoms with Crippen LogP contribution >= 0.6 is 0 Å². The lowest BCUT2D eigenvalue weighted by molar-refractivity contribution is -0.149. The molecule has 27 heavy (non-hydrogen) atoms. The van der Waals surface area contributed by atoms with Crippen molar-refractivity contribution < 1.29 is 28.6 Å². The van der Waals surface area contributed by atoms with Crippen LogP contribution in [0.2, 0.25) is 0 Å². The van der Waals surface area contributed by atoms with Crippen molar-refractivity contribution in [1.29, 1.82) is 0 Å². The van der Waals surface area contributed by atoms with Gasteiger partial charge in [0.15, 0.2) is 13.2 Å². The summed E-state index contributed by atoms with van der Waals surface area (Å²) < 4.78 is 15.4. The zero-order chi connectivity index (χ0) is 19.6. The smallest absolute Gasteiger partial charge is 0.344 e. The molecule has 8 heteroatoms. The van der Waals surface area contributed by atoms with Crippen molar-refractivity contribution in [3.63, 3.8) is 0 Å². The van der Waals surface area contributed by atoms with Crippen molar-refractivity contribution in [3.05, 3.63) is 54.1 Å². The number of nitrogens with one attached hydrogen (secondary N) is 1. The first-order valence-electron chi connectivity index (χ1n) is 8.19. The van der Waals surface area contributed by atoms with Gasteiger partial charge < -0.3 is 25.3 Å². The summed E-state index contributed by atoms with van der Waals surface area (Å²) in [5, 5.41) is 2.53. The van der Waals surface area contributed by atoms with Crippen molar-refractivity contribution in [2.75, 3.05) is 25.1 Å². The summed E-state index contributed by atoms with van der Waals surface area (Å²) in [6.45, 7) is 1.66. The molecule has 0 aromatic heterocycles. The molecule has 0 aliphatic rings. The summed E-state index contributed by atoms with van der Waals surface area (Å²) in [6.07, 6.45) is 0. The lowest BCUT2D eigenvalue weighted by Crippen LogP contribution is -2.23. The fourth-order valence-electron chi connectivity index (χ4n) is 2.04. The molecule has 0 saturated carbocycles. The predicted octanol–water partition coefficient (Wildman–Crippen LogP) is 1.74. The van der Waals surface area contributed by atoms with E-state index in [-0.39, 0.29) is 6.61 Å². The van der Waals surface area contributed by atoms with E-state index in [1.807, 2.05) is 6.92 Å². The Kier molecular flexibility index (Phi) is 7.18. The standard InChI is InChI=1S/C19H20N2O6/c1-2-25-15-7-9-16(10-8-15)26-12-18(23)27-11-17(22)21-14-5-3-13(4-6-14)19(20)24/h3-10H,2,11-12H2,1H3,(H2,20,24)(H,21,22). The fraction of sp³-hybridized carbons (Fsp3) is 0.211. The maximum Gasteiger partial charge on any atom is 0.344 e. The minimum atomic E-state index is -0.678. The number of nitrogens with two attached hydrogens (primary N) is 1. The van der Waals surface area contributed by atoms with E-state index in [0.717, 1.165) is 0 Å². The summed E-state index contributed by atoms with van der Waals surface area (Å²) in [6, 6.07) is 12.8. The molecule has 0 radical (unpaired) electrons. The number of amides is 2. The van der Waals surface area contributed by atoms with E-state index >= 15 is 0 Å². The Labute approximate surface area is 156 Å². The van der Waals surface area contributed by atoms with Crippen LogP contribution in [0.25, 0.3) is 0 Å². The first kappa shape index (κ1) is 19.8. The fourth-order valence-corrected chi connectivity index (χ4v) is 2.04. The molecular formula is C19H20N2O6. The Morgan fingerprint density at radius 1 is 0.889 bits per heavy atom. The van der Waals surface area contributed by atoms with Crippen LogP contribution in [0.3, 0.4) is 0 Å². The van der Waals surface area contributed by atoms with Crippen LogP contribution in [-0.2, 0) is 14.3 Å². The molecule has 3 N–H and O–H groups in total. The Bertz CT molecular complexity index is 787. The third kappa shape index (κ3) is 6.69. The third-order valence-corrected chi connectivity index (χ3v) is 3.31. The summed E-state index contributed by atoms with van der Waals surface area (Å²) >= 11 is 0. The summed E-state index contributed by atoms with van der Waals surface area (Å²) in [7, 11) is 0. The molecule has 142 valence electrons. The van der Waals surface area contributed by atoms with Gasteiger partial charge in [0.1, 0.15) is 11.5 Å². The minimum Gasteiger partial charge on any atom is -0.494 e. The summed E-state index contributed by atoms with van der Waals surface area (Å²) in [5.74, 6) is -0.573. The van der Waals surface area contributed by atoms with Crippen molar-refractivity contribution in [2.24, 2.45) is 5.73 Å². The maximum absolute atomic E-state index is 11.8. The first-order chi connectivity index (χ1) is 13.0. The number of anilines is 1. The number of hydrogen-bond donors (Lipinski definition) is 2. The van der Waals surface area contributed by atoms with E-state index in [2.05, 4.69) is 5.32 Å². The van der Waals surface area contributed by atoms with Gasteiger partial charge in [-0.05, 0) is 55.5 Å². The van der Waals surface area contributed by atoms with Gasteiger partial charge in [0.25, 0.3) is 5.91 Å². The predicted molar refractivity (Wildman–Crippen MR) is 97.7 cm³/mol. The Morgan fingerprint density at radius 2 is 1.48 bits per heavy atom. The van der Waals surface area contributed by atoms with E-state index in [4.69, 9.17) is 19.9 Å². The van der Waals surface area contributed by atoms with Crippen molar-refractivity contribution in [1.82, 2.24) is 0 Å². The largest absolute Gasteiger partial charge is 0.494 e. The minimum absolute atomic E-state index is 0.325. The first-order valence-corrected chi connectivity index (χ1v) is 8.19. The molecule has 0 saturated heterocycles. The Morgan fingerprint density at radius 3 is 2.04 bits per heavy atom. The summed E-state index contributed by atoms with van der Waals surface area (Å²) in [4.78, 5) is 34.4. The highest BCUT2D eigenvalue weighted by atomic mass is 16.6. The number of carbonyl (C=O) groups is 3. The molecule has 0 heterocycles. The second kappa shape index (κ2) is 9.81. The molecule has 2 aromatic rings. The normalized spacial score (nSPS) is 9.96. The number of esters is 1. The van der Waals surface area contributed by atoms with E-state index in [1.165, 1.54) is 24.3 Å². The number of ether oxygens (including phenoxy) is 3. The second-order valence-electron chi connectivity index (χ2n) is 5.34. The van der Waals surface area contributed by atoms with Gasteiger partial charge >= 0.3 is 5.97 Å². The molecule has 0 atom stereocenters. The highest BCUT2D eigenvalue weighted by Gasteiger charge is 2.09. The van der Waals surface area contributed by atoms with Crippen LogP contribution in [0.4, 0.5) is 5.69 Å². The van der Waals surface area contributed by atoms with Crippen molar-refractivity contribution >= 4 is 23.5 Å². The highest BCUT2D eigenvalue weighted by Crippen LogP contribution is 2.17. The molecule has 8 nitrogen and oxygen atoms in total. The average Bonchev–Trinajstić information content (AvgIpc) is 2.66. The molecule has 0 bridgehead atoms. The zero-order valence-electron chi connectivity index (χ0n) is 14.8. The molecule has 0 aliphatic carbocycles. The monoisotopic (exact) mass is 372 g/mol. The number of primary amides is 1. The quantitative estimate of drug-likeness (QED) is 0.648. The molecule has 2 amide bonds. The Hall–Kier alpha value is -3.55. The molecule has 2 aromatic carbocycles. The second-order valence-corrected chi connectivity index (χ2v) is 5.34. The van der Waals surface area contributed by atoms with Gasteiger partial charge in [-0.15, -0.1) is 0 Å². The van der Waals surface area contributed by atoms with Gasteiger partial charge in [0.2, 0.25) is 5.91 Å². The van der Waals surface area contributed by atoms with Crippen LogP contribution in [0, 0.1) is 0 Å². The van der Waals surface area contributed by atoms with Gasteiger partial charge in [0.05, 0.1) is 6.61 Å². The zero-order valence-corrected chi connectivity index (χ0v) is 14.8. The van der Waals surface area contributed by atoms with Gasteiger partial charge in [-0.25, -0.2) is 4.79 Å². The lowest BCUT2D eigenvalue weighted by Gasteiger charge is -2.09. The molecule has 0 spiro atoms. The van der Waals surface area contributed by atoms with Gasteiger partial charge in [0, 0.05) is 11.3 Å². The number of benzene rings is 2. The molecule has 0 fully saturated rings. The average molecular weight is 372 g/mol. The number of hydrogen-bond acceptors (Lipinski definition) is 6. The molecule has 0 aliphatic heterocycles. The molecule has 2 rings (SSSR count). The number of carbonyl (C=O) groups excluding carboxylic acids is 3. The van der Waals surface area contributed by atoms with Gasteiger partial charge in [-0.3, -0.25) is 9.59 Å². The molecule has 0 unspecified atom stereocenters. The van der Waals surface area contributed by atoms with Crippen LogP contribution in [0.15, 0.2) is 48.5 Å². The van der Waals surface area contributed by atoms with E-state index in [1.54, 1.807) is 24.3 Å². The Balaban J connectivity index is 1.71. The number of rotatable bonds is 9. The van der Waals surface area contributed by atoms with Crippen LogP contribution in [0.1, 0.15) is 17.3 Å². The van der Waals surface area contributed by atoms with Crippen LogP contribution in [-0.4, -0.2) is 37.6 Å². The van der Waals surface area contributed by atoms with Gasteiger partial charge in [-0.2, -0.15) is 0 Å². The van der Waals surface area contributed by atoms with E-state index < -0.39 is 24.4 Å². The lowest BCUT2D eigenvalue weighted by atomic mass is 10.2. The molecular weight excluding hydrogens is 352 g/mol. The van der Waals surface area contributed by atoms with Crippen LogP contribution in [0.5, 0.6) is 11.5 Å². The SMILES string of the molecule is CCOc1ccc(OCC(=O)OCC(=O)Nc2ccc(C(N)=O)cc2)cc1. The third-order valence-electron chi connectivity index (χ3n) is 3.31. The van der Waals surface area contributed by atoms with Crippen molar-refractivity contribution in [3.8, 4) is 11.5 Å².